The van der Waals surface area contributed by atoms with Crippen molar-refractivity contribution in [2.75, 3.05) is 65.6 Å². The van der Waals surface area contributed by atoms with Crippen LogP contribution in [-0.4, -0.2) is 80.3 Å². The van der Waals surface area contributed by atoms with Gasteiger partial charge in [0.05, 0.1) is 13.2 Å². The monoisotopic (exact) mass is 469 g/mol. The molecule has 2 saturated heterocycles. The highest BCUT2D eigenvalue weighted by atomic mass is 16.5. The van der Waals surface area contributed by atoms with Gasteiger partial charge >= 0.3 is 0 Å². The van der Waals surface area contributed by atoms with Crippen LogP contribution in [0.3, 0.4) is 0 Å². The Kier molecular flexibility index (Phi) is 10.1. The zero-order chi connectivity index (χ0) is 23.6. The van der Waals surface area contributed by atoms with E-state index in [9.17, 15) is 0 Å². The Balaban J connectivity index is 1.32. The van der Waals surface area contributed by atoms with Crippen LogP contribution in [0, 0.1) is 5.41 Å². The SMILES string of the molecule is CCCCCCN1CCN(/C(C/C=C\CN2CCOCC2)=C(/C)CC2=CCC3(CC2)CC3)CC1. The molecule has 2 aliphatic heterocycles. The van der Waals surface area contributed by atoms with Crippen molar-refractivity contribution in [1.29, 1.82) is 0 Å². The molecule has 0 aromatic rings. The van der Waals surface area contributed by atoms with Crippen molar-refractivity contribution < 1.29 is 4.74 Å². The number of allylic oxidation sites excluding steroid dienone is 4. The summed E-state index contributed by atoms with van der Waals surface area (Å²) in [5.74, 6) is 0. The number of ether oxygens (including phenoxy) is 1. The van der Waals surface area contributed by atoms with E-state index in [1.165, 1.54) is 96.9 Å². The van der Waals surface area contributed by atoms with Crippen LogP contribution in [0.1, 0.15) is 84.5 Å². The van der Waals surface area contributed by atoms with Gasteiger partial charge in [0.25, 0.3) is 0 Å². The number of nitrogens with zero attached hydrogens (tertiary/aromatic N) is 3. The molecule has 192 valence electrons. The molecule has 1 spiro atoms. The second-order valence-electron chi connectivity index (χ2n) is 11.4. The van der Waals surface area contributed by atoms with Crippen LogP contribution in [-0.2, 0) is 4.74 Å². The average molecular weight is 470 g/mol. The lowest BCUT2D eigenvalue weighted by Gasteiger charge is -2.38. The summed E-state index contributed by atoms with van der Waals surface area (Å²) >= 11 is 0. The van der Waals surface area contributed by atoms with Crippen molar-refractivity contribution in [3.8, 4) is 0 Å². The average Bonchev–Trinajstić information content (AvgIpc) is 3.63. The first-order valence-corrected chi connectivity index (χ1v) is 14.5. The Bertz CT molecular complexity index is 707. The number of piperazine rings is 1. The Labute approximate surface area is 210 Å². The van der Waals surface area contributed by atoms with Crippen molar-refractivity contribution in [2.24, 2.45) is 5.41 Å². The summed E-state index contributed by atoms with van der Waals surface area (Å²) in [5.41, 5.74) is 5.67. The number of unbranched alkanes of at least 4 members (excludes halogenated alkanes) is 3. The summed E-state index contributed by atoms with van der Waals surface area (Å²) in [4.78, 5) is 7.93. The quantitative estimate of drug-likeness (QED) is 0.257. The third-order valence-electron chi connectivity index (χ3n) is 8.77. The molecule has 4 nitrogen and oxygen atoms in total. The molecule has 0 aromatic carbocycles. The fourth-order valence-corrected chi connectivity index (χ4v) is 6.00. The van der Waals surface area contributed by atoms with E-state index in [4.69, 9.17) is 4.74 Å². The van der Waals surface area contributed by atoms with Crippen molar-refractivity contribution in [3.63, 3.8) is 0 Å². The molecule has 34 heavy (non-hydrogen) atoms. The molecule has 2 aliphatic carbocycles. The molecular formula is C30H51N3O. The number of morpholine rings is 1. The van der Waals surface area contributed by atoms with Gasteiger partial charge in [-0.2, -0.15) is 0 Å². The maximum Gasteiger partial charge on any atom is 0.0594 e. The molecule has 1 saturated carbocycles. The predicted molar refractivity (Wildman–Crippen MR) is 144 cm³/mol. The van der Waals surface area contributed by atoms with Gasteiger partial charge in [-0.15, -0.1) is 0 Å². The van der Waals surface area contributed by atoms with Gasteiger partial charge in [-0.3, -0.25) is 9.80 Å². The number of hydrogen-bond acceptors (Lipinski definition) is 4. The zero-order valence-corrected chi connectivity index (χ0v) is 22.3. The normalized spacial score (nSPS) is 24.5. The molecule has 4 heteroatoms. The Morgan fingerprint density at radius 3 is 2.41 bits per heavy atom. The fourth-order valence-electron chi connectivity index (χ4n) is 6.00. The Morgan fingerprint density at radius 2 is 1.74 bits per heavy atom. The number of rotatable bonds is 12. The van der Waals surface area contributed by atoms with Crippen LogP contribution in [0.2, 0.25) is 0 Å². The Hall–Kier alpha value is -1.10. The molecular weight excluding hydrogens is 418 g/mol. The predicted octanol–water partition coefficient (Wildman–Crippen LogP) is 6.02. The van der Waals surface area contributed by atoms with E-state index in [2.05, 4.69) is 46.8 Å². The largest absolute Gasteiger partial charge is 0.379 e. The van der Waals surface area contributed by atoms with Gasteiger partial charge in [-0.25, -0.2) is 0 Å². The highest BCUT2D eigenvalue weighted by molar-refractivity contribution is 5.24. The first-order chi connectivity index (χ1) is 16.7. The minimum atomic E-state index is 0.736. The highest BCUT2D eigenvalue weighted by Gasteiger charge is 2.42. The van der Waals surface area contributed by atoms with E-state index in [0.717, 1.165) is 44.7 Å². The molecule has 0 atom stereocenters. The summed E-state index contributed by atoms with van der Waals surface area (Å²) in [5, 5.41) is 0. The smallest absolute Gasteiger partial charge is 0.0594 e. The molecule has 0 aromatic heterocycles. The Morgan fingerprint density at radius 1 is 0.941 bits per heavy atom. The molecule has 4 rings (SSSR count). The van der Waals surface area contributed by atoms with Gasteiger partial charge in [-0.1, -0.05) is 50.0 Å². The third kappa shape index (κ3) is 7.96. The molecule has 4 aliphatic rings. The van der Waals surface area contributed by atoms with E-state index < -0.39 is 0 Å². The molecule has 2 heterocycles. The van der Waals surface area contributed by atoms with Gasteiger partial charge in [0, 0.05) is 57.9 Å². The summed E-state index contributed by atoms with van der Waals surface area (Å²) in [6.45, 7) is 15.8. The van der Waals surface area contributed by atoms with E-state index in [1.54, 1.807) is 16.8 Å². The van der Waals surface area contributed by atoms with Crippen molar-refractivity contribution in [3.05, 3.63) is 35.1 Å². The first kappa shape index (κ1) is 26.0. The first-order valence-electron chi connectivity index (χ1n) is 14.5. The second-order valence-corrected chi connectivity index (χ2v) is 11.4. The van der Waals surface area contributed by atoms with Crippen LogP contribution in [0.15, 0.2) is 35.1 Å². The maximum absolute atomic E-state index is 5.50. The lowest BCUT2D eigenvalue weighted by molar-refractivity contribution is 0.0434. The van der Waals surface area contributed by atoms with Gasteiger partial charge in [0.15, 0.2) is 0 Å². The van der Waals surface area contributed by atoms with E-state index in [-0.39, 0.29) is 0 Å². The molecule has 3 fully saturated rings. The molecule has 0 amide bonds. The van der Waals surface area contributed by atoms with Crippen LogP contribution in [0.4, 0.5) is 0 Å². The minimum Gasteiger partial charge on any atom is -0.379 e. The van der Waals surface area contributed by atoms with Gasteiger partial charge in [-0.05, 0) is 69.4 Å². The topological polar surface area (TPSA) is 19.0 Å². The van der Waals surface area contributed by atoms with Crippen LogP contribution in [0.5, 0.6) is 0 Å². The lowest BCUT2D eigenvalue weighted by Crippen LogP contribution is -2.46. The van der Waals surface area contributed by atoms with Crippen LogP contribution >= 0.6 is 0 Å². The number of hydrogen-bond donors (Lipinski definition) is 0. The summed E-state index contributed by atoms with van der Waals surface area (Å²) < 4.78 is 5.50. The van der Waals surface area contributed by atoms with Gasteiger partial charge in [0.1, 0.15) is 0 Å². The van der Waals surface area contributed by atoms with Gasteiger partial charge < -0.3 is 9.64 Å². The fraction of sp³-hybridized carbons (Fsp3) is 0.800. The lowest BCUT2D eigenvalue weighted by atomic mass is 9.84. The van der Waals surface area contributed by atoms with Gasteiger partial charge in [0.2, 0.25) is 0 Å². The minimum absolute atomic E-state index is 0.736. The van der Waals surface area contributed by atoms with E-state index in [1.807, 2.05) is 0 Å². The van der Waals surface area contributed by atoms with Crippen molar-refractivity contribution in [1.82, 2.24) is 14.7 Å². The third-order valence-corrected chi connectivity index (χ3v) is 8.77. The molecule has 0 radical (unpaired) electrons. The zero-order valence-electron chi connectivity index (χ0n) is 22.3. The summed E-state index contributed by atoms with van der Waals surface area (Å²) in [7, 11) is 0. The summed E-state index contributed by atoms with van der Waals surface area (Å²) in [6.07, 6.45) is 22.3. The molecule has 0 bridgehead atoms. The van der Waals surface area contributed by atoms with Crippen LogP contribution in [0.25, 0.3) is 0 Å². The van der Waals surface area contributed by atoms with Crippen molar-refractivity contribution >= 4 is 0 Å². The standard InChI is InChI=1S/C30H51N3O/c1-3-4-5-7-16-31-18-20-33(21-19-31)29(9-6-8-17-32-22-24-34-25-23-32)27(2)26-28-10-12-30(13-11-28)14-15-30/h6,8,10H,3-5,7,9,11-26H2,1-2H3/b8-6-,29-27-. The molecule has 0 N–H and O–H groups in total. The van der Waals surface area contributed by atoms with Crippen molar-refractivity contribution in [2.45, 2.75) is 84.5 Å². The second kappa shape index (κ2) is 13.3. The molecule has 0 unspecified atom stereocenters. The van der Waals surface area contributed by atoms with E-state index in [0.29, 0.717) is 0 Å². The highest BCUT2D eigenvalue weighted by Crippen LogP contribution is 2.55. The van der Waals surface area contributed by atoms with E-state index >= 15 is 0 Å². The summed E-state index contributed by atoms with van der Waals surface area (Å²) in [6, 6.07) is 0. The van der Waals surface area contributed by atoms with Crippen LogP contribution < -0.4 is 0 Å². The maximum atomic E-state index is 5.50.